The van der Waals surface area contributed by atoms with E-state index in [9.17, 15) is 4.79 Å². The number of ether oxygens (including phenoxy) is 1. The van der Waals surface area contributed by atoms with E-state index in [4.69, 9.17) is 10.00 Å². The van der Waals surface area contributed by atoms with Gasteiger partial charge in [-0.3, -0.25) is 4.79 Å². The average Bonchev–Trinajstić information content (AvgIpc) is 3.04. The van der Waals surface area contributed by atoms with E-state index in [2.05, 4.69) is 16.3 Å². The summed E-state index contributed by atoms with van der Waals surface area (Å²) in [6.45, 7) is 2.31. The molecule has 2 aliphatic heterocycles. The van der Waals surface area contributed by atoms with Crippen LogP contribution in [-0.2, 0) is 11.3 Å². The first-order valence-electron chi connectivity index (χ1n) is 8.99. The molecular weight excluding hydrogens is 326 g/mol. The zero-order valence-electron chi connectivity index (χ0n) is 14.5. The van der Waals surface area contributed by atoms with Crippen molar-refractivity contribution in [2.75, 3.05) is 18.0 Å². The number of benzene rings is 2. The predicted octanol–water partition coefficient (Wildman–Crippen LogP) is 2.86. The number of hydrogen-bond acceptors (Lipinski definition) is 4. The van der Waals surface area contributed by atoms with Crippen LogP contribution in [0.4, 0.5) is 5.69 Å². The van der Waals surface area contributed by atoms with Gasteiger partial charge in [-0.05, 0) is 54.8 Å². The van der Waals surface area contributed by atoms with Crippen LogP contribution in [0.3, 0.4) is 0 Å². The van der Waals surface area contributed by atoms with Crippen LogP contribution in [0.5, 0.6) is 0 Å². The number of nitriles is 1. The monoisotopic (exact) mass is 347 g/mol. The molecule has 0 aromatic heterocycles. The molecule has 1 amide bonds. The largest absolute Gasteiger partial charge is 0.371 e. The van der Waals surface area contributed by atoms with Crippen molar-refractivity contribution in [3.63, 3.8) is 0 Å². The van der Waals surface area contributed by atoms with Gasteiger partial charge in [0, 0.05) is 30.9 Å². The van der Waals surface area contributed by atoms with E-state index < -0.39 is 0 Å². The summed E-state index contributed by atoms with van der Waals surface area (Å²) in [7, 11) is 0. The number of carbonyl (C=O) groups is 1. The molecule has 0 spiro atoms. The first kappa shape index (κ1) is 16.6. The van der Waals surface area contributed by atoms with Crippen molar-refractivity contribution in [3.05, 3.63) is 65.2 Å². The normalized spacial score (nSPS) is 21.3. The molecule has 2 atom stereocenters. The van der Waals surface area contributed by atoms with Gasteiger partial charge in [0.25, 0.3) is 5.91 Å². The minimum Gasteiger partial charge on any atom is -0.371 e. The number of hydrogen-bond donors (Lipinski definition) is 1. The van der Waals surface area contributed by atoms with E-state index >= 15 is 0 Å². The van der Waals surface area contributed by atoms with E-state index in [-0.39, 0.29) is 5.91 Å². The number of amides is 1. The predicted molar refractivity (Wildman–Crippen MR) is 98.9 cm³/mol. The molecule has 5 heteroatoms. The molecule has 0 saturated carbocycles. The van der Waals surface area contributed by atoms with Crippen LogP contribution < -0.4 is 10.2 Å². The van der Waals surface area contributed by atoms with Gasteiger partial charge in [0.15, 0.2) is 0 Å². The fourth-order valence-electron chi connectivity index (χ4n) is 3.63. The Kier molecular flexibility index (Phi) is 4.59. The van der Waals surface area contributed by atoms with Crippen molar-refractivity contribution in [1.29, 1.82) is 5.26 Å². The summed E-state index contributed by atoms with van der Waals surface area (Å²) in [5, 5.41) is 11.7. The van der Waals surface area contributed by atoms with E-state index in [1.54, 1.807) is 12.1 Å². The molecule has 5 nitrogen and oxygen atoms in total. The summed E-state index contributed by atoms with van der Waals surface area (Å²) >= 11 is 0. The maximum Gasteiger partial charge on any atom is 0.251 e. The number of rotatable bonds is 4. The standard InChI is InChI=1S/C21H21N3O2/c22-11-15-1-3-16(4-2-15)12-23-21(25)17-5-7-18(8-6-17)24-13-19-9-10-20(14-24)26-19/h1-8,19-20H,9-10,12-14H2,(H,23,25). The topological polar surface area (TPSA) is 65.4 Å². The lowest BCUT2D eigenvalue weighted by atomic mass is 10.1. The Morgan fingerprint density at radius 3 is 2.35 bits per heavy atom. The van der Waals surface area contributed by atoms with Crippen molar-refractivity contribution < 1.29 is 9.53 Å². The van der Waals surface area contributed by atoms with E-state index in [1.165, 1.54) is 0 Å². The van der Waals surface area contributed by atoms with Crippen molar-refractivity contribution >= 4 is 11.6 Å². The van der Waals surface area contributed by atoms with Crippen LogP contribution in [0.15, 0.2) is 48.5 Å². The Bertz CT molecular complexity index is 812. The molecule has 0 radical (unpaired) electrons. The number of carbonyl (C=O) groups excluding carboxylic acids is 1. The zero-order chi connectivity index (χ0) is 17.9. The molecule has 0 aliphatic carbocycles. The highest BCUT2D eigenvalue weighted by Gasteiger charge is 2.33. The Balaban J connectivity index is 1.35. The molecule has 2 aromatic carbocycles. The van der Waals surface area contributed by atoms with Gasteiger partial charge in [-0.15, -0.1) is 0 Å². The molecule has 2 unspecified atom stereocenters. The number of fused-ring (bicyclic) bond motifs is 2. The lowest BCUT2D eigenvalue weighted by molar-refractivity contribution is 0.0305. The highest BCUT2D eigenvalue weighted by Crippen LogP contribution is 2.29. The number of nitrogens with one attached hydrogen (secondary N) is 1. The number of anilines is 1. The quantitative estimate of drug-likeness (QED) is 0.924. The second-order valence-corrected chi connectivity index (χ2v) is 6.90. The fourth-order valence-corrected chi connectivity index (χ4v) is 3.63. The molecule has 4 rings (SSSR count). The van der Waals surface area contributed by atoms with Crippen molar-refractivity contribution in [1.82, 2.24) is 5.32 Å². The van der Waals surface area contributed by atoms with Crippen LogP contribution >= 0.6 is 0 Å². The Hall–Kier alpha value is -2.84. The Morgan fingerprint density at radius 1 is 1.08 bits per heavy atom. The minimum absolute atomic E-state index is 0.0945. The van der Waals surface area contributed by atoms with Gasteiger partial charge in [0.05, 0.1) is 23.8 Å². The van der Waals surface area contributed by atoms with Crippen molar-refractivity contribution in [3.8, 4) is 6.07 Å². The molecule has 26 heavy (non-hydrogen) atoms. The number of morpholine rings is 1. The molecule has 2 aliphatic rings. The molecule has 1 N–H and O–H groups in total. The summed E-state index contributed by atoms with van der Waals surface area (Å²) in [6.07, 6.45) is 3.00. The third kappa shape index (κ3) is 3.56. The third-order valence-electron chi connectivity index (χ3n) is 5.07. The molecule has 2 aromatic rings. The maximum absolute atomic E-state index is 12.3. The summed E-state index contributed by atoms with van der Waals surface area (Å²) < 4.78 is 5.88. The maximum atomic E-state index is 12.3. The van der Waals surface area contributed by atoms with E-state index in [0.717, 1.165) is 37.2 Å². The molecule has 132 valence electrons. The van der Waals surface area contributed by atoms with Gasteiger partial charge >= 0.3 is 0 Å². The van der Waals surface area contributed by atoms with E-state index in [0.29, 0.717) is 29.9 Å². The highest BCUT2D eigenvalue weighted by atomic mass is 16.5. The van der Waals surface area contributed by atoms with Gasteiger partial charge in [-0.1, -0.05) is 12.1 Å². The average molecular weight is 347 g/mol. The third-order valence-corrected chi connectivity index (χ3v) is 5.07. The lowest BCUT2D eigenvalue weighted by Gasteiger charge is -2.33. The summed E-state index contributed by atoms with van der Waals surface area (Å²) in [4.78, 5) is 14.7. The van der Waals surface area contributed by atoms with Gasteiger partial charge in [-0.2, -0.15) is 5.26 Å². The Morgan fingerprint density at radius 2 is 1.73 bits per heavy atom. The molecule has 2 fully saturated rings. The van der Waals surface area contributed by atoms with Crippen LogP contribution in [0.25, 0.3) is 0 Å². The van der Waals surface area contributed by atoms with Gasteiger partial charge in [-0.25, -0.2) is 0 Å². The van der Waals surface area contributed by atoms with Crippen molar-refractivity contribution in [2.24, 2.45) is 0 Å². The summed E-state index contributed by atoms with van der Waals surface area (Å²) in [6, 6.07) is 17.1. The van der Waals surface area contributed by atoms with Crippen molar-refractivity contribution in [2.45, 2.75) is 31.6 Å². The second-order valence-electron chi connectivity index (χ2n) is 6.90. The minimum atomic E-state index is -0.0945. The fraction of sp³-hybridized carbons (Fsp3) is 0.333. The molecule has 2 heterocycles. The SMILES string of the molecule is N#Cc1ccc(CNC(=O)c2ccc(N3CC4CCC(C3)O4)cc2)cc1. The first-order valence-corrected chi connectivity index (χ1v) is 8.99. The van der Waals surface area contributed by atoms with Gasteiger partial charge in [0.1, 0.15) is 0 Å². The van der Waals surface area contributed by atoms with Gasteiger partial charge in [0.2, 0.25) is 0 Å². The summed E-state index contributed by atoms with van der Waals surface area (Å²) in [5.74, 6) is -0.0945. The van der Waals surface area contributed by atoms with Gasteiger partial charge < -0.3 is 15.0 Å². The van der Waals surface area contributed by atoms with Crippen LogP contribution in [0, 0.1) is 11.3 Å². The first-order chi connectivity index (χ1) is 12.7. The van der Waals surface area contributed by atoms with Crippen LogP contribution in [0.1, 0.15) is 34.3 Å². The van der Waals surface area contributed by atoms with E-state index in [1.807, 2.05) is 36.4 Å². The highest BCUT2D eigenvalue weighted by molar-refractivity contribution is 5.94. The smallest absolute Gasteiger partial charge is 0.251 e. The van der Waals surface area contributed by atoms with Crippen LogP contribution in [0.2, 0.25) is 0 Å². The molecule has 2 bridgehead atoms. The second kappa shape index (κ2) is 7.19. The Labute approximate surface area is 153 Å². The van der Waals surface area contributed by atoms with Crippen LogP contribution in [-0.4, -0.2) is 31.2 Å². The zero-order valence-corrected chi connectivity index (χ0v) is 14.5. The molecular formula is C21H21N3O2. The number of nitrogens with zero attached hydrogens (tertiary/aromatic N) is 2. The lowest BCUT2D eigenvalue weighted by Crippen LogP contribution is -2.42. The molecule has 2 saturated heterocycles. The summed E-state index contributed by atoms with van der Waals surface area (Å²) in [5.41, 5.74) is 3.39.